The Morgan fingerprint density at radius 3 is 1.26 bits per heavy atom. The Morgan fingerprint density at radius 2 is 1.00 bits per heavy atom. The standard InChI is InChI=1S/2C12H17NO.2BrH.Ti/c2*1-10(2)8-9-13-12(14)11-6-4-3-5-7-11;;;/h2*3-7,10H,8-9H2,1-2H3,(H,13,14);2*1H;/q;;;;+2/p-4. The SMILES string of the molecule is CC(C)CC[N-]C(=O)c1ccccc1.CC(C)CC[N-]C(=O)c1ccccc1.[Br][Ti][Br]. The molecule has 170 valence electrons. The summed E-state index contributed by atoms with van der Waals surface area (Å²) in [5.41, 5.74) is 1.35. The fraction of sp³-hybridized carbons (Fsp3) is 0.417. The van der Waals surface area contributed by atoms with Crippen LogP contribution in [0.3, 0.4) is 0 Å². The summed E-state index contributed by atoms with van der Waals surface area (Å²) < 4.78 is 0. The van der Waals surface area contributed by atoms with E-state index >= 15 is 0 Å². The minimum atomic E-state index is -0.105. The van der Waals surface area contributed by atoms with Gasteiger partial charge in [0.25, 0.3) is 0 Å². The molecule has 4 nitrogen and oxygen atoms in total. The molecule has 0 saturated carbocycles. The zero-order valence-corrected chi connectivity index (χ0v) is 23.5. The van der Waals surface area contributed by atoms with Crippen molar-refractivity contribution in [3.8, 4) is 0 Å². The molecule has 0 bridgehead atoms. The second-order valence-electron chi connectivity index (χ2n) is 7.54. The average molecular weight is 588 g/mol. The van der Waals surface area contributed by atoms with E-state index in [9.17, 15) is 9.59 Å². The number of carbonyl (C=O) groups is 2. The first-order valence-electron chi connectivity index (χ1n) is 10.3. The topological polar surface area (TPSA) is 62.3 Å². The van der Waals surface area contributed by atoms with E-state index in [0.29, 0.717) is 36.1 Å². The van der Waals surface area contributed by atoms with Crippen molar-refractivity contribution in [3.63, 3.8) is 0 Å². The summed E-state index contributed by atoms with van der Waals surface area (Å²) in [4.78, 5) is 22.9. The van der Waals surface area contributed by atoms with Gasteiger partial charge in [0.1, 0.15) is 0 Å². The fourth-order valence-corrected chi connectivity index (χ4v) is 2.19. The van der Waals surface area contributed by atoms with E-state index in [1.807, 2.05) is 36.4 Å². The Balaban J connectivity index is 0.000000516. The van der Waals surface area contributed by atoms with Crippen molar-refractivity contribution in [2.24, 2.45) is 11.8 Å². The van der Waals surface area contributed by atoms with E-state index in [1.54, 1.807) is 24.3 Å². The van der Waals surface area contributed by atoms with Crippen LogP contribution >= 0.6 is 26.3 Å². The molecule has 2 aromatic rings. The van der Waals surface area contributed by atoms with Gasteiger partial charge in [0.15, 0.2) is 0 Å². The van der Waals surface area contributed by atoms with Gasteiger partial charge >= 0.3 is 41.3 Å². The summed E-state index contributed by atoms with van der Waals surface area (Å²) in [6, 6.07) is 18.4. The van der Waals surface area contributed by atoms with Gasteiger partial charge in [0, 0.05) is 0 Å². The van der Waals surface area contributed by atoms with Gasteiger partial charge in [-0.2, -0.15) is 0 Å². The van der Waals surface area contributed by atoms with Crippen molar-refractivity contribution in [1.29, 1.82) is 0 Å². The fourth-order valence-electron chi connectivity index (χ4n) is 2.19. The summed E-state index contributed by atoms with van der Waals surface area (Å²) in [5, 5.41) is 7.99. The van der Waals surface area contributed by atoms with Crippen LogP contribution in [0.2, 0.25) is 0 Å². The number of benzene rings is 2. The van der Waals surface area contributed by atoms with Crippen molar-refractivity contribution in [1.82, 2.24) is 0 Å². The summed E-state index contributed by atoms with van der Waals surface area (Å²) in [5.74, 6) is 0.988. The molecule has 2 rings (SSSR count). The Hall–Kier alpha value is -0.946. The van der Waals surface area contributed by atoms with Gasteiger partial charge in [-0.15, -0.1) is 13.1 Å². The molecule has 0 aliphatic heterocycles. The van der Waals surface area contributed by atoms with Crippen molar-refractivity contribution < 1.29 is 24.6 Å². The normalized spacial score (nSPS) is 9.68. The maximum absolute atomic E-state index is 11.5. The molecule has 7 heteroatoms. The van der Waals surface area contributed by atoms with E-state index in [1.165, 1.54) is 0 Å². The number of amides is 2. The molecule has 0 saturated heterocycles. The van der Waals surface area contributed by atoms with Gasteiger partial charge in [-0.05, 0) is 23.0 Å². The quantitative estimate of drug-likeness (QED) is 0.292. The number of carbonyl (C=O) groups excluding carboxylic acids is 2. The Morgan fingerprint density at radius 1 is 0.710 bits per heavy atom. The molecule has 0 N–H and O–H groups in total. The Labute approximate surface area is 209 Å². The van der Waals surface area contributed by atoms with Crippen LogP contribution in [0.4, 0.5) is 0 Å². The van der Waals surface area contributed by atoms with Crippen LogP contribution in [0.15, 0.2) is 60.7 Å². The molecule has 0 unspecified atom stereocenters. The number of hydrogen-bond acceptors (Lipinski definition) is 2. The predicted octanol–water partition coefficient (Wildman–Crippen LogP) is 8.18. The van der Waals surface area contributed by atoms with Crippen molar-refractivity contribution in [3.05, 3.63) is 82.4 Å². The molecule has 0 aliphatic rings. The maximum atomic E-state index is 11.5. The van der Waals surface area contributed by atoms with Crippen LogP contribution in [-0.2, 0) is 15.0 Å². The number of rotatable bonds is 8. The molecule has 0 atom stereocenters. The molecule has 0 aliphatic carbocycles. The Kier molecular flexibility index (Phi) is 19.1. The zero-order chi connectivity index (χ0) is 23.5. The molecule has 2 aromatic carbocycles. The second kappa shape index (κ2) is 19.7. The van der Waals surface area contributed by atoms with E-state index in [2.05, 4.69) is 64.7 Å². The van der Waals surface area contributed by atoms with Crippen LogP contribution in [0.1, 0.15) is 61.3 Å². The van der Waals surface area contributed by atoms with Gasteiger partial charge in [0.05, 0.1) is 11.8 Å². The molecule has 0 spiro atoms. The predicted molar refractivity (Wildman–Crippen MR) is 135 cm³/mol. The average Bonchev–Trinajstić information content (AvgIpc) is 2.75. The van der Waals surface area contributed by atoms with Crippen LogP contribution in [0.25, 0.3) is 10.6 Å². The summed E-state index contributed by atoms with van der Waals surface area (Å²) in [6.45, 7) is 9.77. The van der Waals surface area contributed by atoms with Crippen molar-refractivity contribution in [2.45, 2.75) is 40.5 Å². The van der Waals surface area contributed by atoms with E-state index < -0.39 is 0 Å². The van der Waals surface area contributed by atoms with Gasteiger partial charge < -0.3 is 20.2 Å². The molecule has 0 fully saturated rings. The van der Waals surface area contributed by atoms with Gasteiger partial charge in [-0.25, -0.2) is 0 Å². The first-order chi connectivity index (χ1) is 14.8. The summed E-state index contributed by atoms with van der Waals surface area (Å²) in [6.07, 6.45) is 1.94. The third-order valence-electron chi connectivity index (χ3n) is 3.97. The van der Waals surface area contributed by atoms with E-state index in [4.69, 9.17) is 0 Å². The van der Waals surface area contributed by atoms with Crippen LogP contribution in [0, 0.1) is 11.8 Å². The number of hydrogen-bond donors (Lipinski definition) is 0. The molecular formula is C24H32Br2N2O2Ti-2. The third kappa shape index (κ3) is 17.3. The molecule has 0 aromatic heterocycles. The molecule has 31 heavy (non-hydrogen) atoms. The minimum absolute atomic E-state index is 0.105. The van der Waals surface area contributed by atoms with Crippen molar-refractivity contribution >= 4 is 38.1 Å². The first kappa shape index (κ1) is 30.1. The Bertz CT molecular complexity index is 653. The monoisotopic (exact) mass is 586 g/mol. The van der Waals surface area contributed by atoms with Gasteiger partial charge in [-0.3, -0.25) is 0 Å². The van der Waals surface area contributed by atoms with Crippen molar-refractivity contribution in [2.75, 3.05) is 13.1 Å². The molecule has 0 heterocycles. The number of halogens is 2. The van der Waals surface area contributed by atoms with Crippen LogP contribution in [-0.4, -0.2) is 24.9 Å². The van der Waals surface area contributed by atoms with E-state index in [-0.39, 0.29) is 26.8 Å². The molecular weight excluding hydrogens is 556 g/mol. The van der Waals surface area contributed by atoms with E-state index in [0.717, 1.165) is 12.8 Å². The summed E-state index contributed by atoms with van der Waals surface area (Å²) in [7, 11) is 0. The summed E-state index contributed by atoms with van der Waals surface area (Å²) >= 11 is 6.50. The van der Waals surface area contributed by atoms with Crippen LogP contribution in [0.5, 0.6) is 0 Å². The molecule has 2 amide bonds. The van der Waals surface area contributed by atoms with Gasteiger partial charge in [0.2, 0.25) is 0 Å². The van der Waals surface area contributed by atoms with Gasteiger partial charge in [-0.1, -0.05) is 101 Å². The first-order valence-corrected chi connectivity index (χ1v) is 18.0. The second-order valence-corrected chi connectivity index (χ2v) is 15.4. The number of nitrogens with zero attached hydrogens (tertiary/aromatic N) is 2. The zero-order valence-electron chi connectivity index (χ0n) is 18.7. The van der Waals surface area contributed by atoms with Crippen LogP contribution < -0.4 is 0 Å². The molecule has 0 radical (unpaired) electrons. The third-order valence-corrected chi connectivity index (χ3v) is 3.97.